The number of hydrogen-bond donors (Lipinski definition) is 1. The molecule has 2 rings (SSSR count). The van der Waals surface area contributed by atoms with Crippen molar-refractivity contribution in [3.63, 3.8) is 0 Å². The number of carbonyl (C=O) groups is 2. The van der Waals surface area contributed by atoms with E-state index in [2.05, 4.69) is 10.3 Å². The van der Waals surface area contributed by atoms with Gasteiger partial charge in [-0.3, -0.25) is 14.2 Å². The Morgan fingerprint density at radius 1 is 1.36 bits per heavy atom. The normalized spacial score (nSPS) is 11.0. The third-order valence-corrected chi connectivity index (χ3v) is 4.23. The van der Waals surface area contributed by atoms with Crippen molar-refractivity contribution in [2.75, 3.05) is 18.9 Å². The number of para-hydroxylation sites is 2. The maximum Gasteiger partial charge on any atom is 0.321 e. The van der Waals surface area contributed by atoms with Gasteiger partial charge >= 0.3 is 12.5 Å². The van der Waals surface area contributed by atoms with Gasteiger partial charge in [0.1, 0.15) is 0 Å². The molecule has 0 saturated heterocycles. The third kappa shape index (κ3) is 5.42. The van der Waals surface area contributed by atoms with E-state index in [0.29, 0.717) is 30.6 Å². The zero-order valence-electron chi connectivity index (χ0n) is 13.7. The summed E-state index contributed by atoms with van der Waals surface area (Å²) in [5, 5.41) is 2.74. The number of nitrogens with zero attached hydrogens (tertiary/aromatic N) is 2. The Balaban J connectivity index is 1.85. The topological polar surface area (TPSA) is 73.2 Å². The summed E-state index contributed by atoms with van der Waals surface area (Å²) in [5.41, 5.74) is 0.787. The number of esters is 1. The number of nitrogens with one attached hydrogen (secondary N) is 1. The van der Waals surface area contributed by atoms with Gasteiger partial charge in [0, 0.05) is 13.0 Å². The molecule has 2 aromatic rings. The highest BCUT2D eigenvalue weighted by Gasteiger charge is 2.18. The largest absolute Gasteiger partial charge is 0.466 e. The van der Waals surface area contributed by atoms with Crippen molar-refractivity contribution in [1.82, 2.24) is 14.9 Å². The maximum atomic E-state index is 13.3. The first kappa shape index (κ1) is 19.2. The number of imidazole rings is 1. The van der Waals surface area contributed by atoms with Gasteiger partial charge < -0.3 is 10.1 Å². The van der Waals surface area contributed by atoms with E-state index in [1.54, 1.807) is 31.2 Å². The van der Waals surface area contributed by atoms with Gasteiger partial charge in [0.2, 0.25) is 5.91 Å². The minimum absolute atomic E-state index is 0.0323. The highest BCUT2D eigenvalue weighted by atomic mass is 32.2. The van der Waals surface area contributed by atoms with Crippen LogP contribution in [0.25, 0.3) is 11.0 Å². The molecule has 1 aromatic heterocycles. The Bertz CT molecular complexity index is 736. The van der Waals surface area contributed by atoms with Crippen LogP contribution < -0.4 is 5.32 Å². The quantitative estimate of drug-likeness (QED) is 0.417. The van der Waals surface area contributed by atoms with Crippen molar-refractivity contribution in [1.29, 1.82) is 0 Å². The second-order valence-electron chi connectivity index (χ2n) is 5.08. The number of hydrogen-bond acceptors (Lipinski definition) is 5. The van der Waals surface area contributed by atoms with Gasteiger partial charge in [0.05, 0.1) is 23.4 Å². The van der Waals surface area contributed by atoms with E-state index < -0.39 is 6.55 Å². The minimum Gasteiger partial charge on any atom is -0.466 e. The number of thioether (sulfide) groups is 1. The van der Waals surface area contributed by atoms with Crippen molar-refractivity contribution in [2.24, 2.45) is 0 Å². The summed E-state index contributed by atoms with van der Waals surface area (Å²) in [6.07, 6.45) is 0.688. The molecule has 0 saturated carbocycles. The first-order valence-electron chi connectivity index (χ1n) is 7.83. The summed E-state index contributed by atoms with van der Waals surface area (Å²) in [4.78, 5) is 27.1. The fourth-order valence-electron chi connectivity index (χ4n) is 2.19. The van der Waals surface area contributed by atoms with Gasteiger partial charge in [-0.05, 0) is 25.5 Å². The maximum absolute atomic E-state index is 13.3. The lowest BCUT2D eigenvalue weighted by atomic mass is 10.3. The van der Waals surface area contributed by atoms with Crippen molar-refractivity contribution in [3.05, 3.63) is 24.3 Å². The summed E-state index contributed by atoms with van der Waals surface area (Å²) in [6, 6.07) is 6.59. The number of alkyl halides is 2. The first-order chi connectivity index (χ1) is 12.0. The first-order valence-corrected chi connectivity index (χ1v) is 8.81. The van der Waals surface area contributed by atoms with Crippen LogP contribution in [0.5, 0.6) is 0 Å². The standard InChI is InChI=1S/C16H19F2N3O3S/c1-2-24-14(23)8-5-9-19-13(22)10-25-16-20-11-6-3-4-7-12(11)21(16)15(17)18/h3-4,6-7,15H,2,5,8-10H2,1H3,(H,19,22). The summed E-state index contributed by atoms with van der Waals surface area (Å²) in [7, 11) is 0. The Morgan fingerprint density at radius 2 is 2.12 bits per heavy atom. The fraction of sp³-hybridized carbons (Fsp3) is 0.438. The van der Waals surface area contributed by atoms with Crippen LogP contribution in [-0.2, 0) is 14.3 Å². The minimum atomic E-state index is -2.73. The molecule has 0 aliphatic rings. The second kappa shape index (κ2) is 9.36. The van der Waals surface area contributed by atoms with Crippen LogP contribution in [0, 0.1) is 0 Å². The third-order valence-electron chi connectivity index (χ3n) is 3.28. The zero-order valence-corrected chi connectivity index (χ0v) is 14.5. The number of carbonyl (C=O) groups excluding carboxylic acids is 2. The number of halogens is 2. The molecule has 0 aliphatic heterocycles. The molecule has 0 radical (unpaired) electrons. The van der Waals surface area contributed by atoms with Gasteiger partial charge in [0.25, 0.3) is 0 Å². The molecular weight excluding hydrogens is 352 g/mol. The molecule has 1 heterocycles. The second-order valence-corrected chi connectivity index (χ2v) is 6.02. The number of ether oxygens (including phenoxy) is 1. The number of benzene rings is 1. The lowest BCUT2D eigenvalue weighted by molar-refractivity contribution is -0.143. The van der Waals surface area contributed by atoms with E-state index in [0.717, 1.165) is 16.3 Å². The van der Waals surface area contributed by atoms with Crippen molar-refractivity contribution >= 4 is 34.7 Å². The van der Waals surface area contributed by atoms with Crippen LogP contribution in [0.1, 0.15) is 26.3 Å². The van der Waals surface area contributed by atoms with E-state index in [9.17, 15) is 18.4 Å². The van der Waals surface area contributed by atoms with Crippen LogP contribution in [0.2, 0.25) is 0 Å². The summed E-state index contributed by atoms with van der Waals surface area (Å²) >= 11 is 0.950. The predicted molar refractivity (Wildman–Crippen MR) is 90.6 cm³/mol. The number of fused-ring (bicyclic) bond motifs is 1. The molecule has 0 bridgehead atoms. The molecule has 25 heavy (non-hydrogen) atoms. The average Bonchev–Trinajstić information content (AvgIpc) is 2.95. The monoisotopic (exact) mass is 371 g/mol. The van der Waals surface area contributed by atoms with Crippen LogP contribution >= 0.6 is 11.8 Å². The number of rotatable bonds is 9. The molecular formula is C16H19F2N3O3S. The number of amides is 1. The molecule has 1 aromatic carbocycles. The van der Waals surface area contributed by atoms with Gasteiger partial charge in [-0.25, -0.2) is 4.98 Å². The summed E-state index contributed by atoms with van der Waals surface area (Å²) in [6.45, 7) is -0.359. The molecule has 136 valence electrons. The molecule has 1 N–H and O–H groups in total. The molecule has 0 aliphatic carbocycles. The van der Waals surface area contributed by atoms with Crippen molar-refractivity contribution in [3.8, 4) is 0 Å². The predicted octanol–water partition coefficient (Wildman–Crippen LogP) is 2.98. The molecule has 0 atom stereocenters. The highest BCUT2D eigenvalue weighted by molar-refractivity contribution is 7.99. The molecule has 0 spiro atoms. The van der Waals surface area contributed by atoms with Gasteiger partial charge in [-0.2, -0.15) is 8.78 Å². The molecule has 1 amide bonds. The van der Waals surface area contributed by atoms with Crippen LogP contribution in [0.15, 0.2) is 29.4 Å². The lowest BCUT2D eigenvalue weighted by Gasteiger charge is -2.08. The summed E-state index contributed by atoms with van der Waals surface area (Å²) in [5.74, 6) is -0.645. The van der Waals surface area contributed by atoms with Gasteiger partial charge in [0.15, 0.2) is 5.16 Å². The van der Waals surface area contributed by atoms with E-state index >= 15 is 0 Å². The van der Waals surface area contributed by atoms with Crippen molar-refractivity contribution < 1.29 is 23.1 Å². The van der Waals surface area contributed by atoms with Crippen LogP contribution in [-0.4, -0.2) is 40.3 Å². The average molecular weight is 371 g/mol. The molecule has 6 nitrogen and oxygen atoms in total. The van der Waals surface area contributed by atoms with E-state index in [4.69, 9.17) is 4.74 Å². The van der Waals surface area contributed by atoms with Crippen LogP contribution in [0.3, 0.4) is 0 Å². The molecule has 9 heteroatoms. The van der Waals surface area contributed by atoms with E-state index in [-0.39, 0.29) is 29.2 Å². The van der Waals surface area contributed by atoms with Crippen LogP contribution in [0.4, 0.5) is 8.78 Å². The SMILES string of the molecule is CCOC(=O)CCCNC(=O)CSc1nc2ccccc2n1C(F)F. The Morgan fingerprint density at radius 3 is 2.84 bits per heavy atom. The van der Waals surface area contributed by atoms with E-state index in [1.807, 2.05) is 0 Å². The molecule has 0 fully saturated rings. The van der Waals surface area contributed by atoms with Gasteiger partial charge in [-0.1, -0.05) is 23.9 Å². The smallest absolute Gasteiger partial charge is 0.321 e. The zero-order chi connectivity index (χ0) is 18.2. The summed E-state index contributed by atoms with van der Waals surface area (Å²) < 4.78 is 32.1. The highest BCUT2D eigenvalue weighted by Crippen LogP contribution is 2.28. The van der Waals surface area contributed by atoms with Crippen molar-refractivity contribution in [2.45, 2.75) is 31.5 Å². The molecule has 0 unspecified atom stereocenters. The van der Waals surface area contributed by atoms with Gasteiger partial charge in [-0.15, -0.1) is 0 Å². The van der Waals surface area contributed by atoms with E-state index in [1.165, 1.54) is 0 Å². The Labute approximate surface area is 147 Å². The Kier molecular flexibility index (Phi) is 7.17. The lowest BCUT2D eigenvalue weighted by Crippen LogP contribution is -2.26. The number of aromatic nitrogens is 2. The fourth-order valence-corrected chi connectivity index (χ4v) is 3.03. The Hall–Kier alpha value is -2.16.